The van der Waals surface area contributed by atoms with Gasteiger partial charge in [-0.15, -0.1) is 0 Å². The highest BCUT2D eigenvalue weighted by atomic mass is 16.9. The maximum absolute atomic E-state index is 6.14. The molecule has 18 heavy (non-hydrogen) atoms. The Morgan fingerprint density at radius 1 is 0.889 bits per heavy atom. The topological polar surface area (TPSA) is 46.2 Å². The van der Waals surface area contributed by atoms with E-state index >= 15 is 0 Å². The lowest BCUT2D eigenvalue weighted by molar-refractivity contribution is -0.345. The lowest BCUT2D eigenvalue weighted by atomic mass is 9.83. The van der Waals surface area contributed by atoms with E-state index in [1.165, 1.54) is 0 Å². The smallest absolute Gasteiger partial charge is 0.175 e. The van der Waals surface area contributed by atoms with Crippen LogP contribution < -0.4 is 0 Å². The third-order valence-corrected chi connectivity index (χ3v) is 5.33. The molecule has 5 nitrogen and oxygen atoms in total. The zero-order chi connectivity index (χ0) is 12.7. The van der Waals surface area contributed by atoms with E-state index in [1.54, 1.807) is 14.2 Å². The van der Waals surface area contributed by atoms with Gasteiger partial charge in [0.05, 0.1) is 0 Å². The first kappa shape index (κ1) is 11.6. The van der Waals surface area contributed by atoms with Gasteiger partial charge in [-0.05, 0) is 20.3 Å². The fraction of sp³-hybridized carbons (Fsp3) is 1.00. The fourth-order valence-electron chi connectivity index (χ4n) is 4.96. The van der Waals surface area contributed by atoms with E-state index < -0.39 is 11.6 Å². The van der Waals surface area contributed by atoms with E-state index in [4.69, 9.17) is 23.7 Å². The minimum atomic E-state index is -0.571. The molecule has 0 amide bonds. The fourth-order valence-corrected chi connectivity index (χ4v) is 4.96. The van der Waals surface area contributed by atoms with Crippen molar-refractivity contribution in [1.82, 2.24) is 0 Å². The molecule has 8 unspecified atom stereocenters. The molecule has 8 atom stereocenters. The highest BCUT2D eigenvalue weighted by Gasteiger charge is 2.77. The summed E-state index contributed by atoms with van der Waals surface area (Å²) in [5.74, 6) is 0.322. The Bertz CT molecular complexity index is 354. The van der Waals surface area contributed by atoms with Crippen LogP contribution in [-0.4, -0.2) is 38.4 Å². The van der Waals surface area contributed by atoms with Gasteiger partial charge < -0.3 is 23.7 Å². The van der Waals surface area contributed by atoms with Gasteiger partial charge in [-0.2, -0.15) is 0 Å². The SMILES string of the molecule is COC1OC2(C)OC3(C)OC(OC)C4CC1C2C43. The van der Waals surface area contributed by atoms with Gasteiger partial charge in [-0.1, -0.05) is 0 Å². The summed E-state index contributed by atoms with van der Waals surface area (Å²) < 4.78 is 29.0. The Morgan fingerprint density at radius 3 is 1.72 bits per heavy atom. The van der Waals surface area contributed by atoms with Gasteiger partial charge in [-0.25, -0.2) is 0 Å². The second-order valence-corrected chi connectivity index (χ2v) is 6.19. The molecule has 3 saturated heterocycles. The van der Waals surface area contributed by atoms with Crippen molar-refractivity contribution in [3.63, 3.8) is 0 Å². The van der Waals surface area contributed by atoms with Gasteiger partial charge in [-0.3, -0.25) is 0 Å². The molecule has 4 aliphatic rings. The number of methoxy groups -OCH3 is 2. The largest absolute Gasteiger partial charge is 0.355 e. The third kappa shape index (κ3) is 1.11. The van der Waals surface area contributed by atoms with Crippen LogP contribution >= 0.6 is 0 Å². The van der Waals surface area contributed by atoms with Crippen LogP contribution in [0.15, 0.2) is 0 Å². The van der Waals surface area contributed by atoms with Gasteiger partial charge in [0, 0.05) is 37.9 Å². The summed E-state index contributed by atoms with van der Waals surface area (Å²) in [6.45, 7) is 4.03. The quantitative estimate of drug-likeness (QED) is 0.745. The lowest BCUT2D eigenvalue weighted by Crippen LogP contribution is -2.37. The molecule has 0 bridgehead atoms. The van der Waals surface area contributed by atoms with Crippen molar-refractivity contribution in [3.05, 3.63) is 0 Å². The maximum Gasteiger partial charge on any atom is 0.175 e. The molecular formula is C13H20O5. The molecule has 0 N–H and O–H groups in total. The van der Waals surface area contributed by atoms with Crippen LogP contribution in [0.1, 0.15) is 20.3 Å². The third-order valence-electron chi connectivity index (χ3n) is 5.33. The van der Waals surface area contributed by atoms with E-state index in [0.29, 0.717) is 23.7 Å². The molecule has 1 aliphatic carbocycles. The average Bonchev–Trinajstić information content (AvgIpc) is 2.95. The minimum Gasteiger partial charge on any atom is -0.355 e. The van der Waals surface area contributed by atoms with Crippen LogP contribution in [0.25, 0.3) is 0 Å². The number of hydrogen-bond acceptors (Lipinski definition) is 5. The van der Waals surface area contributed by atoms with Crippen molar-refractivity contribution in [1.29, 1.82) is 0 Å². The van der Waals surface area contributed by atoms with Crippen molar-refractivity contribution in [2.45, 2.75) is 44.4 Å². The molecule has 5 heteroatoms. The van der Waals surface area contributed by atoms with E-state index in [-0.39, 0.29) is 12.6 Å². The lowest BCUT2D eigenvalue weighted by Gasteiger charge is -2.30. The molecule has 0 aromatic rings. The Labute approximate surface area is 107 Å². The first-order valence-electron chi connectivity index (χ1n) is 6.64. The van der Waals surface area contributed by atoms with Crippen molar-refractivity contribution >= 4 is 0 Å². The predicted molar refractivity (Wildman–Crippen MR) is 60.2 cm³/mol. The van der Waals surface area contributed by atoms with Crippen LogP contribution in [-0.2, 0) is 23.7 Å². The maximum atomic E-state index is 6.14. The molecule has 1 saturated carbocycles. The standard InChI is InChI=1S/C13H20O5/c1-12-8-6(10(14-3)16-12)5-7-9(8)13(2,18-12)17-11(7)15-4/h6-11H,5H2,1-4H3. The molecular weight excluding hydrogens is 236 g/mol. The molecule has 3 heterocycles. The van der Waals surface area contributed by atoms with Crippen LogP contribution in [0.5, 0.6) is 0 Å². The number of hydrogen-bond donors (Lipinski definition) is 0. The Balaban J connectivity index is 1.76. The zero-order valence-corrected chi connectivity index (χ0v) is 11.2. The molecule has 0 aromatic heterocycles. The molecule has 3 aliphatic heterocycles. The number of rotatable bonds is 2. The minimum absolute atomic E-state index is 0.160. The van der Waals surface area contributed by atoms with Crippen molar-refractivity contribution in [2.75, 3.05) is 14.2 Å². The van der Waals surface area contributed by atoms with Crippen molar-refractivity contribution in [2.24, 2.45) is 23.7 Å². The van der Waals surface area contributed by atoms with Gasteiger partial charge in [0.2, 0.25) is 0 Å². The van der Waals surface area contributed by atoms with E-state index in [9.17, 15) is 0 Å². The summed E-state index contributed by atoms with van der Waals surface area (Å²) in [7, 11) is 3.40. The molecule has 0 spiro atoms. The molecule has 0 radical (unpaired) electrons. The first-order valence-corrected chi connectivity index (χ1v) is 6.64. The molecule has 102 valence electrons. The zero-order valence-electron chi connectivity index (χ0n) is 11.2. The van der Waals surface area contributed by atoms with Gasteiger partial charge in [0.1, 0.15) is 0 Å². The van der Waals surface area contributed by atoms with Crippen LogP contribution in [0.2, 0.25) is 0 Å². The summed E-state index contributed by atoms with van der Waals surface area (Å²) in [4.78, 5) is 0. The molecule has 4 fully saturated rings. The Kier molecular flexibility index (Phi) is 2.11. The Hall–Kier alpha value is -0.200. The van der Waals surface area contributed by atoms with E-state index in [2.05, 4.69) is 0 Å². The highest BCUT2D eigenvalue weighted by Crippen LogP contribution is 2.69. The van der Waals surface area contributed by atoms with E-state index in [0.717, 1.165) is 6.42 Å². The summed E-state index contributed by atoms with van der Waals surface area (Å²) >= 11 is 0. The highest BCUT2D eigenvalue weighted by molar-refractivity contribution is 5.14. The summed E-state index contributed by atoms with van der Waals surface area (Å²) in [5, 5.41) is 0. The normalized spacial score (nSPS) is 64.7. The second kappa shape index (κ2) is 3.27. The average molecular weight is 256 g/mol. The van der Waals surface area contributed by atoms with Crippen LogP contribution in [0.3, 0.4) is 0 Å². The summed E-state index contributed by atoms with van der Waals surface area (Å²) in [6.07, 6.45) is 0.710. The second-order valence-electron chi connectivity index (χ2n) is 6.19. The predicted octanol–water partition coefficient (Wildman–Crippen LogP) is 1.32. The monoisotopic (exact) mass is 256 g/mol. The summed E-state index contributed by atoms with van der Waals surface area (Å²) in [6, 6.07) is 0. The first-order chi connectivity index (χ1) is 8.52. The van der Waals surface area contributed by atoms with Crippen LogP contribution in [0, 0.1) is 23.7 Å². The van der Waals surface area contributed by atoms with Gasteiger partial charge in [0.25, 0.3) is 0 Å². The van der Waals surface area contributed by atoms with Crippen LogP contribution in [0.4, 0.5) is 0 Å². The van der Waals surface area contributed by atoms with Crippen molar-refractivity contribution < 1.29 is 23.7 Å². The molecule has 4 rings (SSSR count). The molecule has 0 aromatic carbocycles. The van der Waals surface area contributed by atoms with E-state index in [1.807, 2.05) is 13.8 Å². The van der Waals surface area contributed by atoms with Crippen molar-refractivity contribution in [3.8, 4) is 0 Å². The van der Waals surface area contributed by atoms with Gasteiger partial charge in [0.15, 0.2) is 24.2 Å². The summed E-state index contributed by atoms with van der Waals surface area (Å²) in [5.41, 5.74) is 0. The van der Waals surface area contributed by atoms with Gasteiger partial charge >= 0.3 is 0 Å². The number of ether oxygens (including phenoxy) is 5. The Morgan fingerprint density at radius 2 is 1.33 bits per heavy atom.